The number of hydrogen-bond acceptors (Lipinski definition) is 1. The maximum Gasteiger partial charge on any atom is 0.169 e. The van der Waals surface area contributed by atoms with Crippen LogP contribution in [0.3, 0.4) is 0 Å². The Bertz CT molecular complexity index is 392. The Morgan fingerprint density at radius 3 is 2.73 bits per heavy atom. The molecule has 0 aliphatic rings. The number of rotatable bonds is 0. The van der Waals surface area contributed by atoms with Gasteiger partial charge in [0.15, 0.2) is 11.6 Å². The van der Waals surface area contributed by atoms with Crippen LogP contribution in [0.1, 0.15) is 0 Å². The van der Waals surface area contributed by atoms with Gasteiger partial charge in [-0.2, -0.15) is 0 Å². The fourth-order valence-corrected chi connectivity index (χ4v) is 0.979. The van der Waals surface area contributed by atoms with Crippen molar-refractivity contribution in [2.75, 3.05) is 0 Å². The molecule has 0 saturated heterocycles. The quantitative estimate of drug-likeness (QED) is 0.568. The molecule has 3 heteroatoms. The van der Waals surface area contributed by atoms with E-state index < -0.39 is 11.6 Å². The molecular formula is C8H4F2O. The highest BCUT2D eigenvalue weighted by atomic mass is 19.2. The average molecular weight is 154 g/mol. The highest BCUT2D eigenvalue weighted by Crippen LogP contribution is 2.20. The summed E-state index contributed by atoms with van der Waals surface area (Å²) in [5.74, 6) is -1.70. The molecular weight excluding hydrogens is 150 g/mol. The van der Waals surface area contributed by atoms with E-state index in [-0.39, 0.29) is 5.39 Å². The van der Waals surface area contributed by atoms with Gasteiger partial charge >= 0.3 is 0 Å². The first-order valence-corrected chi connectivity index (χ1v) is 3.09. The Labute approximate surface area is 61.2 Å². The molecule has 1 aromatic heterocycles. The number of furan rings is 1. The monoisotopic (exact) mass is 154 g/mol. The minimum Gasteiger partial charge on any atom is -0.471 e. The van der Waals surface area contributed by atoms with Crippen LogP contribution in [0.5, 0.6) is 0 Å². The third kappa shape index (κ3) is 0.808. The molecule has 0 unspecified atom stereocenters. The van der Waals surface area contributed by atoms with Crippen molar-refractivity contribution in [2.24, 2.45) is 0 Å². The van der Waals surface area contributed by atoms with E-state index in [0.29, 0.717) is 5.39 Å². The van der Waals surface area contributed by atoms with Gasteiger partial charge in [-0.05, 0) is 12.1 Å². The van der Waals surface area contributed by atoms with Gasteiger partial charge in [0.05, 0.1) is 11.6 Å². The molecule has 0 radical (unpaired) electrons. The molecule has 11 heavy (non-hydrogen) atoms. The summed E-state index contributed by atoms with van der Waals surface area (Å²) < 4.78 is 30.0. The first-order valence-electron chi connectivity index (χ1n) is 3.09. The van der Waals surface area contributed by atoms with Crippen LogP contribution in [0.25, 0.3) is 10.8 Å². The molecule has 0 amide bonds. The van der Waals surface area contributed by atoms with E-state index in [1.165, 1.54) is 18.6 Å². The molecule has 0 fully saturated rings. The zero-order valence-corrected chi connectivity index (χ0v) is 5.47. The van der Waals surface area contributed by atoms with Gasteiger partial charge in [-0.1, -0.05) is 0 Å². The molecule has 0 saturated carbocycles. The van der Waals surface area contributed by atoms with Crippen molar-refractivity contribution in [1.29, 1.82) is 0 Å². The van der Waals surface area contributed by atoms with Crippen LogP contribution in [0.15, 0.2) is 29.1 Å². The minimum absolute atomic E-state index is 0.185. The highest BCUT2D eigenvalue weighted by molar-refractivity contribution is 5.81. The maximum absolute atomic E-state index is 12.8. The maximum atomic E-state index is 12.8. The standard InChI is InChI=1S/C8H4F2O/c9-7-2-1-5-3-11-4-6(5)8(7)10/h1-4H. The van der Waals surface area contributed by atoms with Crippen LogP contribution in [-0.2, 0) is 0 Å². The summed E-state index contributed by atoms with van der Waals surface area (Å²) in [6.45, 7) is 0. The van der Waals surface area contributed by atoms with Crippen molar-refractivity contribution in [3.8, 4) is 0 Å². The van der Waals surface area contributed by atoms with Crippen molar-refractivity contribution in [2.45, 2.75) is 0 Å². The molecule has 0 spiro atoms. The van der Waals surface area contributed by atoms with Gasteiger partial charge in [-0.3, -0.25) is 0 Å². The van der Waals surface area contributed by atoms with E-state index in [1.54, 1.807) is 0 Å². The van der Waals surface area contributed by atoms with Crippen molar-refractivity contribution in [1.82, 2.24) is 0 Å². The summed E-state index contributed by atoms with van der Waals surface area (Å²) in [6, 6.07) is 2.55. The van der Waals surface area contributed by atoms with Crippen molar-refractivity contribution in [3.05, 3.63) is 36.3 Å². The first kappa shape index (κ1) is 6.34. The first-order chi connectivity index (χ1) is 5.29. The zero-order chi connectivity index (χ0) is 7.84. The summed E-state index contributed by atoms with van der Waals surface area (Å²) in [5.41, 5.74) is 0. The molecule has 56 valence electrons. The van der Waals surface area contributed by atoms with Crippen LogP contribution in [0, 0.1) is 11.6 Å². The van der Waals surface area contributed by atoms with Crippen LogP contribution in [-0.4, -0.2) is 0 Å². The van der Waals surface area contributed by atoms with Gasteiger partial charge in [0.2, 0.25) is 0 Å². The second-order valence-electron chi connectivity index (χ2n) is 2.24. The van der Waals surface area contributed by atoms with E-state index in [2.05, 4.69) is 0 Å². The van der Waals surface area contributed by atoms with Gasteiger partial charge in [-0.25, -0.2) is 8.78 Å². The normalized spacial score (nSPS) is 10.7. The fraction of sp³-hybridized carbons (Fsp3) is 0. The third-order valence-corrected chi connectivity index (χ3v) is 1.55. The summed E-state index contributed by atoms with van der Waals surface area (Å²) in [6.07, 6.45) is 2.56. The minimum atomic E-state index is -0.851. The Morgan fingerprint density at radius 2 is 1.91 bits per heavy atom. The summed E-state index contributed by atoms with van der Waals surface area (Å²) in [7, 11) is 0. The second-order valence-corrected chi connectivity index (χ2v) is 2.24. The Morgan fingerprint density at radius 1 is 1.09 bits per heavy atom. The molecule has 2 aromatic rings. The van der Waals surface area contributed by atoms with E-state index in [0.717, 1.165) is 6.07 Å². The lowest BCUT2D eigenvalue weighted by molar-refractivity contribution is 0.514. The molecule has 0 N–H and O–H groups in total. The van der Waals surface area contributed by atoms with Crippen molar-refractivity contribution < 1.29 is 13.2 Å². The fourth-order valence-electron chi connectivity index (χ4n) is 0.979. The summed E-state index contributed by atoms with van der Waals surface area (Å²) in [4.78, 5) is 0. The van der Waals surface area contributed by atoms with Crippen LogP contribution >= 0.6 is 0 Å². The zero-order valence-electron chi connectivity index (χ0n) is 5.47. The Balaban J connectivity index is 2.93. The van der Waals surface area contributed by atoms with E-state index >= 15 is 0 Å². The molecule has 1 heterocycles. The van der Waals surface area contributed by atoms with Gasteiger partial charge in [0.25, 0.3) is 0 Å². The molecule has 2 rings (SSSR count). The van der Waals surface area contributed by atoms with E-state index in [1.807, 2.05) is 0 Å². The van der Waals surface area contributed by atoms with Gasteiger partial charge in [-0.15, -0.1) is 0 Å². The van der Waals surface area contributed by atoms with Crippen molar-refractivity contribution >= 4 is 10.8 Å². The molecule has 0 aliphatic carbocycles. The van der Waals surface area contributed by atoms with Crippen LogP contribution < -0.4 is 0 Å². The SMILES string of the molecule is Fc1ccc2cocc2c1F. The van der Waals surface area contributed by atoms with Crippen molar-refractivity contribution in [3.63, 3.8) is 0 Å². The van der Waals surface area contributed by atoms with Crippen LogP contribution in [0.2, 0.25) is 0 Å². The predicted molar refractivity (Wildman–Crippen MR) is 36.1 cm³/mol. The largest absolute Gasteiger partial charge is 0.471 e. The predicted octanol–water partition coefficient (Wildman–Crippen LogP) is 2.71. The summed E-state index contributed by atoms with van der Waals surface area (Å²) in [5, 5.41) is 0.758. The van der Waals surface area contributed by atoms with E-state index in [4.69, 9.17) is 4.42 Å². The van der Waals surface area contributed by atoms with E-state index in [9.17, 15) is 8.78 Å². The number of hydrogen-bond donors (Lipinski definition) is 0. The molecule has 1 aromatic carbocycles. The van der Waals surface area contributed by atoms with Gasteiger partial charge in [0.1, 0.15) is 6.26 Å². The Kier molecular flexibility index (Phi) is 1.18. The lowest BCUT2D eigenvalue weighted by Gasteiger charge is -1.91. The molecule has 0 bridgehead atoms. The number of halogens is 2. The molecule has 1 nitrogen and oxygen atoms in total. The topological polar surface area (TPSA) is 13.1 Å². The lowest BCUT2D eigenvalue weighted by Crippen LogP contribution is -1.81. The van der Waals surface area contributed by atoms with Crippen LogP contribution in [0.4, 0.5) is 8.78 Å². The molecule has 0 atom stereocenters. The van der Waals surface area contributed by atoms with Gasteiger partial charge in [0, 0.05) is 5.39 Å². The second kappa shape index (κ2) is 2.05. The number of benzene rings is 1. The summed E-state index contributed by atoms with van der Waals surface area (Å²) >= 11 is 0. The Hall–Kier alpha value is -1.38. The third-order valence-electron chi connectivity index (χ3n) is 1.55. The highest BCUT2D eigenvalue weighted by Gasteiger charge is 2.07. The smallest absolute Gasteiger partial charge is 0.169 e. The molecule has 0 aliphatic heterocycles. The average Bonchev–Trinajstić information content (AvgIpc) is 2.45. The number of fused-ring (bicyclic) bond motifs is 1. The lowest BCUT2D eigenvalue weighted by atomic mass is 10.2. The van der Waals surface area contributed by atoms with Gasteiger partial charge < -0.3 is 4.42 Å².